The van der Waals surface area contributed by atoms with E-state index < -0.39 is 5.54 Å². The van der Waals surface area contributed by atoms with Crippen LogP contribution in [0.2, 0.25) is 0 Å². The molecule has 1 aromatic carbocycles. The van der Waals surface area contributed by atoms with E-state index in [-0.39, 0.29) is 18.3 Å². The zero-order valence-corrected chi connectivity index (χ0v) is 12.7. The van der Waals surface area contributed by atoms with E-state index in [0.29, 0.717) is 13.2 Å². The van der Waals surface area contributed by atoms with Gasteiger partial charge in [0.1, 0.15) is 12.4 Å². The van der Waals surface area contributed by atoms with Crippen molar-refractivity contribution in [3.05, 3.63) is 30.3 Å². The summed E-state index contributed by atoms with van der Waals surface area (Å²) in [7, 11) is 0. The van der Waals surface area contributed by atoms with Crippen LogP contribution in [0.4, 0.5) is 0 Å². The summed E-state index contributed by atoms with van der Waals surface area (Å²) in [6.07, 6.45) is 3.16. The van der Waals surface area contributed by atoms with Crippen LogP contribution in [0.3, 0.4) is 0 Å². The van der Waals surface area contributed by atoms with Gasteiger partial charge in [-0.2, -0.15) is 0 Å². The lowest BCUT2D eigenvalue weighted by Gasteiger charge is -2.33. The zero-order chi connectivity index (χ0) is 13.6. The predicted octanol–water partition coefficient (Wildman–Crippen LogP) is 2.14. The lowest BCUT2D eigenvalue weighted by atomic mass is 9.90. The Hall–Kier alpha value is -1.26. The number of carbonyl (C=O) groups is 1. The van der Waals surface area contributed by atoms with Gasteiger partial charge in [-0.1, -0.05) is 18.2 Å². The molecule has 0 spiro atoms. The summed E-state index contributed by atoms with van der Waals surface area (Å²) in [5.74, 6) is 0.905. The third-order valence-corrected chi connectivity index (χ3v) is 3.52. The topological polar surface area (TPSA) is 50.4 Å². The summed E-state index contributed by atoms with van der Waals surface area (Å²) in [5, 5.41) is 6.24. The molecule has 112 valence electrons. The van der Waals surface area contributed by atoms with Crippen molar-refractivity contribution in [2.24, 2.45) is 0 Å². The first-order chi connectivity index (χ1) is 9.21. The molecule has 1 aliphatic heterocycles. The highest BCUT2D eigenvalue weighted by molar-refractivity contribution is 5.86. The number of ether oxygens (including phenoxy) is 1. The highest BCUT2D eigenvalue weighted by Gasteiger charge is 2.33. The first kappa shape index (κ1) is 16.8. The van der Waals surface area contributed by atoms with E-state index in [9.17, 15) is 4.79 Å². The van der Waals surface area contributed by atoms with Crippen LogP contribution in [-0.2, 0) is 4.79 Å². The fourth-order valence-corrected chi connectivity index (χ4v) is 2.30. The van der Waals surface area contributed by atoms with Crippen LogP contribution in [-0.4, -0.2) is 31.1 Å². The van der Waals surface area contributed by atoms with Crippen molar-refractivity contribution in [3.8, 4) is 5.75 Å². The molecule has 1 unspecified atom stereocenters. The number of amides is 1. The van der Waals surface area contributed by atoms with Crippen LogP contribution >= 0.6 is 12.4 Å². The lowest BCUT2D eigenvalue weighted by Crippen LogP contribution is -2.57. The van der Waals surface area contributed by atoms with Crippen LogP contribution < -0.4 is 15.4 Å². The summed E-state index contributed by atoms with van der Waals surface area (Å²) in [5.41, 5.74) is -0.412. The van der Waals surface area contributed by atoms with Gasteiger partial charge in [0.2, 0.25) is 5.91 Å². The van der Waals surface area contributed by atoms with Crippen molar-refractivity contribution in [3.63, 3.8) is 0 Å². The minimum atomic E-state index is -0.412. The highest BCUT2D eigenvalue weighted by Crippen LogP contribution is 2.18. The van der Waals surface area contributed by atoms with Gasteiger partial charge in [-0.3, -0.25) is 4.79 Å². The number of hydrogen-bond donors (Lipinski definition) is 2. The van der Waals surface area contributed by atoms with Crippen LogP contribution in [0.5, 0.6) is 5.75 Å². The Morgan fingerprint density at radius 1 is 1.35 bits per heavy atom. The predicted molar refractivity (Wildman–Crippen MR) is 82.5 cm³/mol. The Morgan fingerprint density at radius 3 is 2.75 bits per heavy atom. The van der Waals surface area contributed by atoms with Gasteiger partial charge in [0, 0.05) is 0 Å². The van der Waals surface area contributed by atoms with Crippen LogP contribution in [0, 0.1) is 0 Å². The lowest BCUT2D eigenvalue weighted by molar-refractivity contribution is -0.128. The molecule has 0 aromatic heterocycles. The smallest absolute Gasteiger partial charge is 0.240 e. The van der Waals surface area contributed by atoms with Crippen LogP contribution in [0.1, 0.15) is 26.2 Å². The van der Waals surface area contributed by atoms with Crippen molar-refractivity contribution >= 4 is 18.3 Å². The molecule has 2 rings (SSSR count). The molecule has 1 amide bonds. The molecule has 2 N–H and O–H groups in total. The molecule has 1 heterocycles. The van der Waals surface area contributed by atoms with Gasteiger partial charge in [0.05, 0.1) is 12.1 Å². The zero-order valence-electron chi connectivity index (χ0n) is 11.9. The number of piperidine rings is 1. The van der Waals surface area contributed by atoms with Crippen molar-refractivity contribution in [1.82, 2.24) is 10.6 Å². The molecule has 5 heteroatoms. The minimum Gasteiger partial charge on any atom is -0.492 e. The van der Waals surface area contributed by atoms with Crippen LogP contribution in [0.25, 0.3) is 0 Å². The van der Waals surface area contributed by atoms with E-state index in [4.69, 9.17) is 4.74 Å². The first-order valence-corrected chi connectivity index (χ1v) is 6.92. The Bertz CT molecular complexity index is 406. The maximum Gasteiger partial charge on any atom is 0.240 e. The van der Waals surface area contributed by atoms with Gasteiger partial charge in [0.25, 0.3) is 0 Å². The number of halogens is 1. The Balaban J connectivity index is 0.00000200. The monoisotopic (exact) mass is 298 g/mol. The maximum absolute atomic E-state index is 12.1. The standard InChI is InChI=1S/C15H22N2O2.ClH/c1-15(9-5-6-10-17-15)14(18)16-11-12-19-13-7-3-2-4-8-13;/h2-4,7-8,17H,5-6,9-12H2,1H3,(H,16,18);1H. The third-order valence-electron chi connectivity index (χ3n) is 3.52. The molecule has 1 fully saturated rings. The number of rotatable bonds is 5. The summed E-state index contributed by atoms with van der Waals surface area (Å²) < 4.78 is 5.54. The molecule has 0 radical (unpaired) electrons. The molecule has 1 aromatic rings. The molecule has 1 saturated heterocycles. The van der Waals surface area contributed by atoms with E-state index in [2.05, 4.69) is 10.6 Å². The Morgan fingerprint density at radius 2 is 2.10 bits per heavy atom. The van der Waals surface area contributed by atoms with Crippen molar-refractivity contribution in [2.45, 2.75) is 31.7 Å². The van der Waals surface area contributed by atoms with Crippen molar-refractivity contribution in [2.75, 3.05) is 19.7 Å². The number of nitrogens with one attached hydrogen (secondary N) is 2. The molecular formula is C15H23ClN2O2. The highest BCUT2D eigenvalue weighted by atomic mass is 35.5. The molecule has 4 nitrogen and oxygen atoms in total. The van der Waals surface area contributed by atoms with Gasteiger partial charge >= 0.3 is 0 Å². The molecular weight excluding hydrogens is 276 g/mol. The van der Waals surface area contributed by atoms with E-state index in [1.807, 2.05) is 37.3 Å². The molecule has 0 aliphatic carbocycles. The second kappa shape index (κ2) is 8.12. The van der Waals surface area contributed by atoms with Gasteiger partial charge in [-0.15, -0.1) is 12.4 Å². The molecule has 0 saturated carbocycles. The van der Waals surface area contributed by atoms with E-state index >= 15 is 0 Å². The fraction of sp³-hybridized carbons (Fsp3) is 0.533. The van der Waals surface area contributed by atoms with Gasteiger partial charge < -0.3 is 15.4 Å². The number of carbonyl (C=O) groups excluding carboxylic acids is 1. The fourth-order valence-electron chi connectivity index (χ4n) is 2.30. The Labute approximate surface area is 126 Å². The van der Waals surface area contributed by atoms with E-state index in [1.54, 1.807) is 0 Å². The SMILES string of the molecule is CC1(C(=O)NCCOc2ccccc2)CCCCN1.Cl. The second-order valence-electron chi connectivity index (χ2n) is 5.13. The maximum atomic E-state index is 12.1. The second-order valence-corrected chi connectivity index (χ2v) is 5.13. The molecule has 1 aliphatic rings. The van der Waals surface area contributed by atoms with Crippen molar-refractivity contribution in [1.29, 1.82) is 0 Å². The van der Waals surface area contributed by atoms with Crippen LogP contribution in [0.15, 0.2) is 30.3 Å². The Kier molecular flexibility index (Phi) is 6.82. The summed E-state index contributed by atoms with van der Waals surface area (Å²) >= 11 is 0. The quantitative estimate of drug-likeness (QED) is 0.819. The van der Waals surface area contributed by atoms with E-state index in [1.165, 1.54) is 0 Å². The normalized spacial score (nSPS) is 21.6. The largest absolute Gasteiger partial charge is 0.492 e. The summed E-state index contributed by atoms with van der Waals surface area (Å²) in [6.45, 7) is 3.92. The van der Waals surface area contributed by atoms with Crippen molar-refractivity contribution < 1.29 is 9.53 Å². The number of para-hydroxylation sites is 1. The number of hydrogen-bond acceptors (Lipinski definition) is 3. The van der Waals surface area contributed by atoms with Gasteiger partial charge in [0.15, 0.2) is 0 Å². The summed E-state index contributed by atoms with van der Waals surface area (Å²) in [4.78, 5) is 12.1. The molecule has 0 bridgehead atoms. The number of benzene rings is 1. The van der Waals surface area contributed by atoms with E-state index in [0.717, 1.165) is 31.6 Å². The molecule has 1 atom stereocenters. The van der Waals surface area contributed by atoms with Gasteiger partial charge in [-0.25, -0.2) is 0 Å². The average Bonchev–Trinajstić information content (AvgIpc) is 2.45. The minimum absolute atomic E-state index is 0. The molecule has 20 heavy (non-hydrogen) atoms. The first-order valence-electron chi connectivity index (χ1n) is 6.92. The third kappa shape index (κ3) is 4.69. The van der Waals surface area contributed by atoms with Gasteiger partial charge in [-0.05, 0) is 44.9 Å². The average molecular weight is 299 g/mol. The summed E-state index contributed by atoms with van der Waals surface area (Å²) in [6, 6.07) is 9.63.